The number of ether oxygens (including phenoxy) is 1. The zero-order valence-electron chi connectivity index (χ0n) is 39.2. The minimum atomic E-state index is -3.85. The van der Waals surface area contributed by atoms with Crippen molar-refractivity contribution in [2.45, 2.75) is 80.2 Å². The Morgan fingerprint density at radius 3 is 1.58 bits per heavy atom. The fourth-order valence-corrected chi connectivity index (χ4v) is 10.6. The Bertz CT molecular complexity index is 3200. The van der Waals surface area contributed by atoms with E-state index in [0.29, 0.717) is 53.3 Å². The van der Waals surface area contributed by atoms with Gasteiger partial charge in [0.2, 0.25) is 20.0 Å². The number of aryl methyl sites for hydroxylation is 2. The monoisotopic (exact) mass is 994 g/mol. The van der Waals surface area contributed by atoms with Gasteiger partial charge in [-0.3, -0.25) is 0 Å². The lowest BCUT2D eigenvalue weighted by atomic mass is 10.1. The summed E-state index contributed by atoms with van der Waals surface area (Å²) in [5.74, 6) is 1.11. The summed E-state index contributed by atoms with van der Waals surface area (Å²) in [7, 11) is -6.12. The second-order valence-electron chi connectivity index (χ2n) is 16.6. The van der Waals surface area contributed by atoms with Gasteiger partial charge in [-0.1, -0.05) is 92.1 Å². The number of anilines is 3. The number of nitrogens with one attached hydrogen (secondary N) is 6. The maximum Gasteiger partial charge on any atom is 0.286 e. The standard InChI is InChI=1S/C26H27N5O4S.C26H27N5O3S/c1-4-17-8-12-22(13-9-17)36(33,34)31-25-23-16-20(11-10-18(23)14-24(25)32)29-26(30-27-2)28-19-6-5-7-21(15-19)35-3;1-3-18-9-13-22(14-10-18)35(33,34)31-25-23-16-21(12-11-20(23)15-24(25)32)29-26(30-27-2)28-17-19-7-5-4-6-8-19/h5-13,15-16,24-25,31-32H,4,14H2,1,3H3,(H2,28,29,30);4-14,16,24-25,31-32H,3,15,17H2,1H3,(H2,28,29,30)/t2*24-,25-/m11/s1. The number of sulfonamides is 2. The van der Waals surface area contributed by atoms with Gasteiger partial charge in [-0.05, 0) is 112 Å². The molecule has 0 amide bonds. The van der Waals surface area contributed by atoms with Gasteiger partial charge in [0, 0.05) is 36.0 Å². The Balaban J connectivity index is 0.000000209. The molecule has 366 valence electrons. The highest BCUT2D eigenvalue weighted by atomic mass is 32.2. The van der Waals surface area contributed by atoms with Gasteiger partial charge in [0.05, 0.1) is 47.7 Å². The van der Waals surface area contributed by atoms with Crippen LogP contribution >= 0.6 is 0 Å². The Morgan fingerprint density at radius 2 is 1.11 bits per heavy atom. The Kier molecular flexibility index (Phi) is 16.8. The van der Waals surface area contributed by atoms with Crippen LogP contribution in [0.2, 0.25) is 0 Å². The van der Waals surface area contributed by atoms with E-state index in [1.807, 2.05) is 62.4 Å². The van der Waals surface area contributed by atoms with E-state index in [1.54, 1.807) is 98.1 Å². The molecule has 6 aromatic rings. The van der Waals surface area contributed by atoms with Gasteiger partial charge in [-0.2, -0.15) is 18.1 Å². The van der Waals surface area contributed by atoms with E-state index < -0.39 is 44.3 Å². The van der Waals surface area contributed by atoms with Crippen LogP contribution in [0.15, 0.2) is 159 Å². The van der Waals surface area contributed by atoms with Crippen molar-refractivity contribution in [3.05, 3.63) is 202 Å². The van der Waals surface area contributed by atoms with Gasteiger partial charge >= 0.3 is 0 Å². The van der Waals surface area contributed by atoms with Gasteiger partial charge < -0.3 is 30.9 Å². The van der Waals surface area contributed by atoms with Crippen molar-refractivity contribution in [1.82, 2.24) is 14.9 Å². The summed E-state index contributed by atoms with van der Waals surface area (Å²) < 4.78 is 62.6. The molecule has 71 heavy (non-hydrogen) atoms. The van der Waals surface area contributed by atoms with Crippen LogP contribution in [0.25, 0.3) is 9.91 Å². The number of aliphatic hydroxyl groups is 2. The van der Waals surface area contributed by atoms with E-state index in [0.717, 1.165) is 40.7 Å². The average molecular weight is 995 g/mol. The van der Waals surface area contributed by atoms with Crippen molar-refractivity contribution in [2.24, 2.45) is 10.1 Å². The van der Waals surface area contributed by atoms with Crippen molar-refractivity contribution in [2.75, 3.05) is 23.1 Å². The van der Waals surface area contributed by atoms with Crippen LogP contribution in [0, 0.1) is 13.1 Å². The highest BCUT2D eigenvalue weighted by Gasteiger charge is 2.36. The molecule has 4 atom stereocenters. The summed E-state index contributed by atoms with van der Waals surface area (Å²) in [5.41, 5.74) is 10.5. The maximum absolute atomic E-state index is 13.0. The largest absolute Gasteiger partial charge is 0.497 e. The molecule has 0 spiro atoms. The van der Waals surface area contributed by atoms with Crippen molar-refractivity contribution in [3.8, 4) is 5.75 Å². The number of fused-ring (bicyclic) bond motifs is 2. The molecule has 19 heteroatoms. The second kappa shape index (κ2) is 23.3. The van der Waals surface area contributed by atoms with Gasteiger partial charge in [0.15, 0.2) is 0 Å². The van der Waals surface area contributed by atoms with E-state index in [1.165, 1.54) is 0 Å². The van der Waals surface area contributed by atoms with Crippen LogP contribution in [0.5, 0.6) is 5.75 Å². The minimum Gasteiger partial charge on any atom is -0.497 e. The SMILES string of the molecule is [C-]#[N+]/N=C(\Nc1cccc(OC)c1)Nc1ccc2c(c1)[C@@H](NS(=O)(=O)c1ccc(CC)cc1)[C@H](O)C2.[C-]#[N+]NC(=NCc1ccccc1)Nc1ccc2c(c1)[C@@H](NS(=O)(=O)c1ccc(CC)cc1)[C@H](O)C2. The highest BCUT2D eigenvalue weighted by Crippen LogP contribution is 2.36. The van der Waals surface area contributed by atoms with E-state index in [9.17, 15) is 27.0 Å². The molecule has 0 saturated heterocycles. The van der Waals surface area contributed by atoms with Gasteiger partial charge in [0.25, 0.3) is 11.9 Å². The number of methoxy groups -OCH3 is 1. The second-order valence-corrected chi connectivity index (χ2v) is 20.0. The molecular weight excluding hydrogens is 941 g/mol. The van der Waals surface area contributed by atoms with Crippen molar-refractivity contribution < 1.29 is 31.8 Å². The quantitative estimate of drug-likeness (QED) is 0.0231. The van der Waals surface area contributed by atoms with Crippen molar-refractivity contribution in [1.29, 1.82) is 0 Å². The summed E-state index contributed by atoms with van der Waals surface area (Å²) in [6.07, 6.45) is 0.486. The molecule has 2 aliphatic rings. The number of rotatable bonds is 14. The van der Waals surface area contributed by atoms with Crippen molar-refractivity contribution >= 4 is 49.0 Å². The normalized spacial score (nSPS) is 17.3. The Morgan fingerprint density at radius 1 is 0.620 bits per heavy atom. The molecule has 0 radical (unpaired) electrons. The summed E-state index contributed by atoms with van der Waals surface area (Å²) in [5, 5.41) is 34.3. The number of hydrogen-bond acceptors (Lipinski definition) is 9. The lowest BCUT2D eigenvalue weighted by Crippen LogP contribution is -2.34. The molecule has 8 N–H and O–H groups in total. The molecule has 0 saturated carbocycles. The van der Waals surface area contributed by atoms with Crippen LogP contribution in [0.4, 0.5) is 17.1 Å². The van der Waals surface area contributed by atoms with Crippen molar-refractivity contribution in [3.63, 3.8) is 0 Å². The molecule has 0 aromatic heterocycles. The molecule has 2 aliphatic carbocycles. The third-order valence-corrected chi connectivity index (χ3v) is 14.8. The van der Waals surface area contributed by atoms with Crippen LogP contribution in [-0.2, 0) is 52.3 Å². The molecule has 6 aromatic carbocycles. The predicted molar refractivity (Wildman–Crippen MR) is 275 cm³/mol. The lowest BCUT2D eigenvalue weighted by molar-refractivity contribution is 0.151. The first-order valence-electron chi connectivity index (χ1n) is 22.7. The molecule has 0 heterocycles. The van der Waals surface area contributed by atoms with E-state index in [-0.39, 0.29) is 21.7 Å². The third-order valence-electron chi connectivity index (χ3n) is 11.9. The molecule has 17 nitrogen and oxygen atoms in total. The molecular formula is C52H54N10O7S2. The maximum atomic E-state index is 13.0. The van der Waals surface area contributed by atoms with Crippen LogP contribution < -0.4 is 35.6 Å². The highest BCUT2D eigenvalue weighted by molar-refractivity contribution is 7.89. The first kappa shape index (κ1) is 51.2. The smallest absolute Gasteiger partial charge is 0.286 e. The van der Waals surface area contributed by atoms with Crippen LogP contribution in [-0.4, -0.2) is 58.3 Å². The number of nitrogens with zero attached hydrogens (tertiary/aromatic N) is 4. The first-order valence-corrected chi connectivity index (χ1v) is 25.6. The first-order chi connectivity index (χ1) is 34.2. The average Bonchev–Trinajstić information content (AvgIpc) is 3.85. The van der Waals surface area contributed by atoms with Crippen LogP contribution in [0.1, 0.15) is 64.9 Å². The topological polar surface area (TPSA) is 224 Å². The van der Waals surface area contributed by atoms with E-state index in [2.05, 4.69) is 50.8 Å². The summed E-state index contributed by atoms with van der Waals surface area (Å²) in [6.45, 7) is 18.7. The number of aliphatic hydroxyl groups excluding tert-OH is 2. The molecule has 0 fully saturated rings. The summed E-state index contributed by atoms with van der Waals surface area (Å²) in [6, 6.07) is 39.5. The minimum absolute atomic E-state index is 0.142. The van der Waals surface area contributed by atoms with Gasteiger partial charge in [-0.25, -0.2) is 31.3 Å². The number of benzene rings is 6. The number of guanidine groups is 2. The van der Waals surface area contributed by atoms with Gasteiger partial charge in [0.1, 0.15) is 10.9 Å². The third kappa shape index (κ3) is 13.2. The van der Waals surface area contributed by atoms with E-state index >= 15 is 0 Å². The molecule has 0 aliphatic heterocycles. The zero-order valence-corrected chi connectivity index (χ0v) is 40.8. The fraction of sp³-hybridized carbons (Fsp3) is 0.231. The van der Waals surface area contributed by atoms with E-state index in [4.69, 9.17) is 17.9 Å². The predicted octanol–water partition coefficient (Wildman–Crippen LogP) is 7.49. The molecule has 0 bridgehead atoms. The molecule has 8 rings (SSSR count). The summed E-state index contributed by atoms with van der Waals surface area (Å²) >= 11 is 0. The van der Waals surface area contributed by atoms with Crippen LogP contribution in [0.3, 0.4) is 0 Å². The van der Waals surface area contributed by atoms with Gasteiger partial charge in [-0.15, -0.1) is 4.95 Å². The number of aliphatic imine (C=N–C) groups is 1. The fourth-order valence-electron chi connectivity index (χ4n) is 8.11. The zero-order chi connectivity index (χ0) is 50.5. The molecule has 0 unspecified atom stereocenters. The Labute approximate surface area is 414 Å². The summed E-state index contributed by atoms with van der Waals surface area (Å²) in [4.78, 5) is 11.1. The lowest BCUT2D eigenvalue weighted by Gasteiger charge is -2.19. The Hall–Kier alpha value is -7.62. The number of hydrogen-bond donors (Lipinski definition) is 8.